The average molecular weight is 249 g/mol. The van der Waals surface area contributed by atoms with Crippen LogP contribution in [-0.2, 0) is 4.74 Å². The third-order valence-electron chi connectivity index (χ3n) is 3.16. The van der Waals surface area contributed by atoms with Gasteiger partial charge in [0.2, 0.25) is 0 Å². The van der Waals surface area contributed by atoms with Gasteiger partial charge in [-0.1, -0.05) is 0 Å². The minimum absolute atomic E-state index is 0.214. The summed E-state index contributed by atoms with van der Waals surface area (Å²) in [5.74, 6) is 0.958. The summed E-state index contributed by atoms with van der Waals surface area (Å²) in [6.45, 7) is 1.81. The van der Waals surface area contributed by atoms with Crippen molar-refractivity contribution >= 4 is 27.2 Å². The van der Waals surface area contributed by atoms with Crippen LogP contribution in [0.3, 0.4) is 0 Å². The van der Waals surface area contributed by atoms with E-state index in [1.807, 2.05) is 12.3 Å². The summed E-state index contributed by atoms with van der Waals surface area (Å²) >= 11 is 1.74. The molecule has 0 spiro atoms. The van der Waals surface area contributed by atoms with E-state index in [9.17, 15) is 0 Å². The van der Waals surface area contributed by atoms with Crippen molar-refractivity contribution in [3.05, 3.63) is 23.7 Å². The van der Waals surface area contributed by atoms with Crippen LogP contribution in [-0.4, -0.2) is 37.3 Å². The van der Waals surface area contributed by atoms with Crippen molar-refractivity contribution in [2.24, 2.45) is 0 Å². The maximum Gasteiger partial charge on any atom is 0.135 e. The minimum Gasteiger partial charge on any atom is -0.378 e. The SMILES string of the molecule is CO[C@@H]1CNCC1Nc1nccc2sccc12. The van der Waals surface area contributed by atoms with E-state index in [4.69, 9.17) is 4.74 Å². The Kier molecular flexibility index (Phi) is 2.96. The molecule has 2 aromatic rings. The number of pyridine rings is 1. The first kappa shape index (κ1) is 11.0. The molecule has 1 aliphatic heterocycles. The van der Waals surface area contributed by atoms with Crippen LogP contribution in [0.5, 0.6) is 0 Å². The lowest BCUT2D eigenvalue weighted by molar-refractivity contribution is 0.111. The molecule has 90 valence electrons. The van der Waals surface area contributed by atoms with Crippen LogP contribution >= 0.6 is 11.3 Å². The van der Waals surface area contributed by atoms with Crippen LogP contribution in [0.25, 0.3) is 10.1 Å². The van der Waals surface area contributed by atoms with Crippen LogP contribution in [0, 0.1) is 0 Å². The first-order valence-corrected chi connectivity index (χ1v) is 6.58. The number of rotatable bonds is 3. The predicted molar refractivity (Wildman–Crippen MR) is 70.7 cm³/mol. The zero-order valence-electron chi connectivity index (χ0n) is 9.64. The Balaban J connectivity index is 1.87. The van der Waals surface area contributed by atoms with Crippen LogP contribution in [0.2, 0.25) is 0 Å². The standard InChI is InChI=1S/C12H15N3OS/c1-16-10-7-13-6-9(10)15-12-8-3-5-17-11(8)2-4-14-12/h2-5,9-10,13H,6-7H2,1H3,(H,14,15)/t9?,10-/m1/s1. The number of anilines is 1. The Morgan fingerprint density at radius 2 is 2.41 bits per heavy atom. The van der Waals surface area contributed by atoms with Gasteiger partial charge in [-0.2, -0.15) is 0 Å². The van der Waals surface area contributed by atoms with E-state index < -0.39 is 0 Å². The number of nitrogens with one attached hydrogen (secondary N) is 2. The summed E-state index contributed by atoms with van der Waals surface area (Å²) in [6.07, 6.45) is 2.07. The van der Waals surface area contributed by atoms with Crippen molar-refractivity contribution in [3.63, 3.8) is 0 Å². The fraction of sp³-hybridized carbons (Fsp3) is 0.417. The molecule has 1 aliphatic rings. The molecule has 4 nitrogen and oxygen atoms in total. The van der Waals surface area contributed by atoms with E-state index >= 15 is 0 Å². The number of nitrogens with zero attached hydrogens (tertiary/aromatic N) is 1. The molecule has 0 amide bonds. The zero-order valence-corrected chi connectivity index (χ0v) is 10.5. The van der Waals surface area contributed by atoms with E-state index in [1.54, 1.807) is 18.4 Å². The minimum atomic E-state index is 0.214. The first-order chi connectivity index (χ1) is 8.38. The average Bonchev–Trinajstić information content (AvgIpc) is 2.97. The molecule has 1 fully saturated rings. The Labute approximate surface area is 104 Å². The molecule has 0 radical (unpaired) electrons. The van der Waals surface area contributed by atoms with Gasteiger partial charge in [0.25, 0.3) is 0 Å². The lowest BCUT2D eigenvalue weighted by atomic mass is 10.2. The monoisotopic (exact) mass is 249 g/mol. The molecule has 0 saturated carbocycles. The van der Waals surface area contributed by atoms with E-state index in [0.29, 0.717) is 0 Å². The number of hydrogen-bond donors (Lipinski definition) is 2. The zero-order chi connectivity index (χ0) is 11.7. The van der Waals surface area contributed by atoms with Gasteiger partial charge in [0.15, 0.2) is 0 Å². The van der Waals surface area contributed by atoms with Crippen molar-refractivity contribution in [3.8, 4) is 0 Å². The second kappa shape index (κ2) is 4.60. The summed E-state index contributed by atoms with van der Waals surface area (Å²) < 4.78 is 6.71. The fourth-order valence-corrected chi connectivity index (χ4v) is 3.01. The second-order valence-corrected chi connectivity index (χ2v) is 5.12. The van der Waals surface area contributed by atoms with Gasteiger partial charge in [0, 0.05) is 36.5 Å². The maximum atomic E-state index is 5.44. The third kappa shape index (κ3) is 2.01. The first-order valence-electron chi connectivity index (χ1n) is 5.71. The lowest BCUT2D eigenvalue weighted by Crippen LogP contribution is -2.33. The molecule has 0 aliphatic carbocycles. The highest BCUT2D eigenvalue weighted by Crippen LogP contribution is 2.26. The number of ether oxygens (including phenoxy) is 1. The van der Waals surface area contributed by atoms with Gasteiger partial charge in [-0.15, -0.1) is 11.3 Å². The molecule has 0 aromatic carbocycles. The Morgan fingerprint density at radius 3 is 3.29 bits per heavy atom. The van der Waals surface area contributed by atoms with Gasteiger partial charge < -0.3 is 15.4 Å². The molecule has 17 heavy (non-hydrogen) atoms. The van der Waals surface area contributed by atoms with Gasteiger partial charge in [-0.05, 0) is 17.5 Å². The molecule has 0 bridgehead atoms. The van der Waals surface area contributed by atoms with Crippen molar-refractivity contribution in [1.82, 2.24) is 10.3 Å². The van der Waals surface area contributed by atoms with Crippen LogP contribution in [0.4, 0.5) is 5.82 Å². The van der Waals surface area contributed by atoms with Gasteiger partial charge in [-0.25, -0.2) is 4.98 Å². The number of hydrogen-bond acceptors (Lipinski definition) is 5. The van der Waals surface area contributed by atoms with Gasteiger partial charge in [0.05, 0.1) is 12.1 Å². The maximum absolute atomic E-state index is 5.44. The highest BCUT2D eigenvalue weighted by atomic mass is 32.1. The van der Waals surface area contributed by atoms with E-state index in [-0.39, 0.29) is 12.1 Å². The highest BCUT2D eigenvalue weighted by molar-refractivity contribution is 7.17. The number of aromatic nitrogens is 1. The van der Waals surface area contributed by atoms with Gasteiger partial charge in [-0.3, -0.25) is 0 Å². The van der Waals surface area contributed by atoms with E-state index in [1.165, 1.54) is 10.1 Å². The number of thiophene rings is 1. The normalized spacial score (nSPS) is 24.3. The molecule has 3 heterocycles. The largest absolute Gasteiger partial charge is 0.378 e. The topological polar surface area (TPSA) is 46.2 Å². The fourth-order valence-electron chi connectivity index (χ4n) is 2.23. The highest BCUT2D eigenvalue weighted by Gasteiger charge is 2.27. The smallest absolute Gasteiger partial charge is 0.135 e. The van der Waals surface area contributed by atoms with Crippen molar-refractivity contribution < 1.29 is 4.74 Å². The Hall–Kier alpha value is -1.17. The molecule has 3 rings (SSSR count). The quantitative estimate of drug-likeness (QED) is 0.869. The van der Waals surface area contributed by atoms with Crippen LogP contribution in [0.1, 0.15) is 0 Å². The molecule has 1 saturated heterocycles. The third-order valence-corrected chi connectivity index (χ3v) is 4.05. The Morgan fingerprint density at radius 1 is 1.47 bits per heavy atom. The summed E-state index contributed by atoms with van der Waals surface area (Å²) in [5.41, 5.74) is 0. The van der Waals surface area contributed by atoms with Crippen molar-refractivity contribution in [2.45, 2.75) is 12.1 Å². The van der Waals surface area contributed by atoms with Crippen molar-refractivity contribution in [2.75, 3.05) is 25.5 Å². The van der Waals surface area contributed by atoms with E-state index in [0.717, 1.165) is 18.9 Å². The van der Waals surface area contributed by atoms with E-state index in [2.05, 4.69) is 27.1 Å². The molecular weight excluding hydrogens is 234 g/mol. The summed E-state index contributed by atoms with van der Waals surface area (Å²) in [5, 5.41) is 10.1. The molecule has 2 aromatic heterocycles. The summed E-state index contributed by atoms with van der Waals surface area (Å²) in [6, 6.07) is 4.45. The molecule has 2 N–H and O–H groups in total. The summed E-state index contributed by atoms with van der Waals surface area (Å²) in [4.78, 5) is 4.42. The van der Waals surface area contributed by atoms with Crippen molar-refractivity contribution in [1.29, 1.82) is 0 Å². The molecule has 2 atom stereocenters. The summed E-state index contributed by atoms with van der Waals surface area (Å²) in [7, 11) is 1.75. The molecule has 5 heteroatoms. The predicted octanol–water partition coefficient (Wildman–Crippen LogP) is 1.69. The van der Waals surface area contributed by atoms with Crippen LogP contribution in [0.15, 0.2) is 23.7 Å². The number of methoxy groups -OCH3 is 1. The Bertz CT molecular complexity index is 513. The lowest BCUT2D eigenvalue weighted by Gasteiger charge is -2.19. The van der Waals surface area contributed by atoms with Gasteiger partial charge in [0.1, 0.15) is 5.82 Å². The second-order valence-electron chi connectivity index (χ2n) is 4.18. The van der Waals surface area contributed by atoms with Gasteiger partial charge >= 0.3 is 0 Å². The van der Waals surface area contributed by atoms with Crippen LogP contribution < -0.4 is 10.6 Å². The number of fused-ring (bicyclic) bond motifs is 1. The molecule has 1 unspecified atom stereocenters. The molecular formula is C12H15N3OS.